The zero-order chi connectivity index (χ0) is 27.4. The maximum absolute atomic E-state index is 13.2. The second kappa shape index (κ2) is 11.1. The van der Waals surface area contributed by atoms with Gasteiger partial charge >= 0.3 is 16.3 Å². The number of nitrogens with one attached hydrogen (secondary N) is 2. The molecule has 38 heavy (non-hydrogen) atoms. The molecule has 0 radical (unpaired) electrons. The molecule has 4 aromatic rings. The molecule has 1 aromatic heterocycles. The Labute approximate surface area is 227 Å². The van der Waals surface area contributed by atoms with Crippen molar-refractivity contribution >= 4 is 62.6 Å². The van der Waals surface area contributed by atoms with Crippen LogP contribution in [0.15, 0.2) is 71.6 Å². The van der Waals surface area contributed by atoms with Crippen LogP contribution in [0, 0.1) is 0 Å². The van der Waals surface area contributed by atoms with Crippen LogP contribution in [0.4, 0.5) is 31.8 Å². The van der Waals surface area contributed by atoms with Crippen molar-refractivity contribution in [3.05, 3.63) is 82.5 Å². The number of carbonyl (C=O) groups is 1. The maximum atomic E-state index is 13.2. The fraction of sp³-hybridized carbons (Fsp3) is 0.0417. The van der Waals surface area contributed by atoms with E-state index >= 15 is 0 Å². The smallest absolute Gasteiger partial charge is 0.332 e. The summed E-state index contributed by atoms with van der Waals surface area (Å²) in [6.45, 7) is -0.00637. The average Bonchev–Trinajstić information content (AvgIpc) is 2.85. The molecule has 0 aliphatic rings. The van der Waals surface area contributed by atoms with E-state index in [-0.39, 0.29) is 24.1 Å². The first kappa shape index (κ1) is 26.9. The molecule has 0 aliphatic heterocycles. The lowest BCUT2D eigenvalue weighted by atomic mass is 10.0. The van der Waals surface area contributed by atoms with Gasteiger partial charge in [-0.1, -0.05) is 35.3 Å². The Morgan fingerprint density at radius 2 is 1.63 bits per heavy atom. The van der Waals surface area contributed by atoms with Gasteiger partial charge in [0.2, 0.25) is 5.95 Å². The number of hydrogen-bond acceptors (Lipinski definition) is 8. The molecule has 14 heteroatoms. The highest BCUT2D eigenvalue weighted by Crippen LogP contribution is 2.33. The highest BCUT2D eigenvalue weighted by Gasteiger charge is 2.16. The number of urea groups is 1. The summed E-state index contributed by atoms with van der Waals surface area (Å²) in [4.78, 5) is 20.0. The monoisotopic (exact) mass is 576 g/mol. The van der Waals surface area contributed by atoms with Gasteiger partial charge in [0.05, 0.1) is 15.7 Å². The van der Waals surface area contributed by atoms with Gasteiger partial charge in [0, 0.05) is 16.9 Å². The molecule has 0 aliphatic carbocycles. The van der Waals surface area contributed by atoms with Crippen LogP contribution in [0.2, 0.25) is 10.0 Å². The Morgan fingerprint density at radius 3 is 2.32 bits per heavy atom. The van der Waals surface area contributed by atoms with Crippen LogP contribution in [-0.4, -0.2) is 24.4 Å². The molecule has 4 rings (SSSR count). The Morgan fingerprint density at radius 1 is 0.921 bits per heavy atom. The lowest BCUT2D eigenvalue weighted by molar-refractivity contribution is 0.262. The van der Waals surface area contributed by atoms with Crippen molar-refractivity contribution in [1.82, 2.24) is 9.97 Å². The van der Waals surface area contributed by atoms with Crippen molar-refractivity contribution in [2.75, 3.05) is 22.1 Å². The van der Waals surface area contributed by atoms with Gasteiger partial charge in [-0.15, -0.1) is 3.89 Å². The van der Waals surface area contributed by atoms with E-state index in [1.54, 1.807) is 42.5 Å². The molecule has 0 saturated carbocycles. The lowest BCUT2D eigenvalue weighted by Gasteiger charge is -2.14. The average molecular weight is 577 g/mol. The summed E-state index contributed by atoms with van der Waals surface area (Å²) in [6.07, 6.45) is 0. The summed E-state index contributed by atoms with van der Waals surface area (Å²) < 4.78 is 41.1. The minimum Gasteiger partial charge on any atom is -0.487 e. The molecule has 0 fully saturated rings. The molecular formula is C24H19Cl2FN6O4S. The van der Waals surface area contributed by atoms with Crippen molar-refractivity contribution in [3.8, 4) is 16.9 Å². The predicted molar refractivity (Wildman–Crippen MR) is 144 cm³/mol. The van der Waals surface area contributed by atoms with Gasteiger partial charge < -0.3 is 26.8 Å². The number of amides is 2. The highest BCUT2D eigenvalue weighted by atomic mass is 35.5. The molecule has 3 aromatic carbocycles. The molecule has 1 heterocycles. The third kappa shape index (κ3) is 6.59. The lowest BCUT2D eigenvalue weighted by Crippen LogP contribution is -2.19. The minimum atomic E-state index is -4.90. The molecule has 0 saturated heterocycles. The fourth-order valence-corrected chi connectivity index (χ4v) is 4.23. The van der Waals surface area contributed by atoms with Gasteiger partial charge in [-0.3, -0.25) is 0 Å². The van der Waals surface area contributed by atoms with Gasteiger partial charge in [-0.25, -0.2) is 9.78 Å². The van der Waals surface area contributed by atoms with Crippen molar-refractivity contribution in [2.45, 2.75) is 11.5 Å². The molecule has 10 nitrogen and oxygen atoms in total. The Bertz CT molecular complexity index is 1620. The second-order valence-corrected chi connectivity index (χ2v) is 9.94. The highest BCUT2D eigenvalue weighted by molar-refractivity contribution is 7.86. The first-order valence-electron chi connectivity index (χ1n) is 10.7. The molecular weight excluding hydrogens is 558 g/mol. The summed E-state index contributed by atoms with van der Waals surface area (Å²) in [7, 11) is -4.90. The molecule has 196 valence electrons. The van der Waals surface area contributed by atoms with Gasteiger partial charge in [-0.05, 0) is 60.2 Å². The topological polar surface area (TPSA) is 162 Å². The van der Waals surface area contributed by atoms with Crippen molar-refractivity contribution in [1.29, 1.82) is 0 Å². The van der Waals surface area contributed by atoms with Gasteiger partial charge in [0.1, 0.15) is 23.1 Å². The molecule has 6 N–H and O–H groups in total. The van der Waals surface area contributed by atoms with Gasteiger partial charge in [-0.2, -0.15) is 13.4 Å². The fourth-order valence-electron chi connectivity index (χ4n) is 3.42. The molecule has 0 unspecified atom stereocenters. The molecule has 0 spiro atoms. The third-order valence-electron chi connectivity index (χ3n) is 5.10. The number of hydrogen-bond donors (Lipinski definition) is 4. The van der Waals surface area contributed by atoms with E-state index in [0.29, 0.717) is 38.3 Å². The number of halogens is 3. The third-order valence-corrected chi connectivity index (χ3v) is 6.65. The first-order chi connectivity index (χ1) is 18.0. The van der Waals surface area contributed by atoms with Crippen LogP contribution < -0.4 is 26.8 Å². The SMILES string of the molecule is Nc1nc(N)c(-c2ccc(Cl)c(Cl)c2)c(COc2ccc(NC(=O)Nc3cccc(S(=O)(=O)F)c3)cc2)n1. The van der Waals surface area contributed by atoms with E-state index < -0.39 is 21.1 Å². The minimum absolute atomic E-state index is 0.00637. The number of nitrogens with zero attached hydrogens (tertiary/aromatic N) is 2. The van der Waals surface area contributed by atoms with E-state index in [2.05, 4.69) is 20.6 Å². The van der Waals surface area contributed by atoms with Crippen LogP contribution in [0.5, 0.6) is 5.75 Å². The van der Waals surface area contributed by atoms with E-state index in [0.717, 1.165) is 12.1 Å². The van der Waals surface area contributed by atoms with Crippen molar-refractivity contribution < 1.29 is 21.8 Å². The number of aromatic nitrogens is 2. The van der Waals surface area contributed by atoms with Gasteiger partial charge in [0.25, 0.3) is 0 Å². The largest absolute Gasteiger partial charge is 0.487 e. The first-order valence-corrected chi connectivity index (χ1v) is 12.9. The van der Waals surface area contributed by atoms with E-state index in [4.69, 9.17) is 39.4 Å². The number of benzene rings is 3. The Balaban J connectivity index is 1.43. The number of nitrogen functional groups attached to an aromatic ring is 2. The van der Waals surface area contributed by atoms with Gasteiger partial charge in [0.15, 0.2) is 0 Å². The van der Waals surface area contributed by atoms with E-state index in [9.17, 15) is 17.1 Å². The molecule has 0 bridgehead atoms. The van der Waals surface area contributed by atoms with Crippen LogP contribution in [0.3, 0.4) is 0 Å². The summed E-state index contributed by atoms with van der Waals surface area (Å²) >= 11 is 12.2. The van der Waals surface area contributed by atoms with Crippen molar-refractivity contribution in [2.24, 2.45) is 0 Å². The Kier molecular flexibility index (Phi) is 7.86. The standard InChI is InChI=1S/C24H19Cl2FN6O4S/c25-18-9-4-13(10-19(18)26)21-20(32-23(29)33-22(21)28)12-37-16-7-5-14(6-8-16)30-24(34)31-15-2-1-3-17(11-15)38(27,35)36/h1-11H,12H2,(H2,30,31,34)(H4,28,29,32,33). The maximum Gasteiger partial charge on any atom is 0.332 e. The second-order valence-electron chi connectivity index (χ2n) is 7.78. The molecule has 0 atom stereocenters. The van der Waals surface area contributed by atoms with Crippen LogP contribution in [-0.2, 0) is 16.8 Å². The Hall–Kier alpha value is -4.13. The number of ether oxygens (including phenoxy) is 1. The number of nitrogens with two attached hydrogens (primary N) is 2. The normalized spacial score (nSPS) is 11.1. The zero-order valence-corrected chi connectivity index (χ0v) is 21.6. The number of anilines is 4. The van der Waals surface area contributed by atoms with Crippen molar-refractivity contribution in [3.63, 3.8) is 0 Å². The number of rotatable bonds is 7. The zero-order valence-electron chi connectivity index (χ0n) is 19.3. The summed E-state index contributed by atoms with van der Waals surface area (Å²) in [5, 5.41) is 5.73. The quantitative estimate of drug-likeness (QED) is 0.210. The summed E-state index contributed by atoms with van der Waals surface area (Å²) in [5.41, 5.74) is 14.0. The number of carbonyl (C=O) groups excluding carboxylic acids is 1. The summed E-state index contributed by atoms with van der Waals surface area (Å²) in [5.74, 6) is 0.576. The summed E-state index contributed by atoms with van der Waals surface area (Å²) in [6, 6.07) is 15.5. The van der Waals surface area contributed by atoms with Crippen LogP contribution in [0.25, 0.3) is 11.1 Å². The van der Waals surface area contributed by atoms with Crippen LogP contribution in [0.1, 0.15) is 5.69 Å². The molecule has 2 amide bonds. The van der Waals surface area contributed by atoms with Crippen LogP contribution >= 0.6 is 23.2 Å². The van der Waals surface area contributed by atoms with E-state index in [1.807, 2.05) is 0 Å². The van der Waals surface area contributed by atoms with E-state index in [1.165, 1.54) is 12.1 Å². The predicted octanol–water partition coefficient (Wildman–Crippen LogP) is 5.50.